The van der Waals surface area contributed by atoms with Crippen LogP contribution < -0.4 is 15.5 Å². The van der Waals surface area contributed by atoms with Crippen LogP contribution in [0.4, 0.5) is 22.4 Å². The standard InChI is InChI=1S/C12H13ClN6O/c1-19(2)11-16-9(13)15-10(17-11)18-12(20)14-8-6-4-3-5-7-8/h3-7H,1-2H3,(H2,14,15,16,17,18,20). The van der Waals surface area contributed by atoms with Crippen molar-refractivity contribution in [1.82, 2.24) is 15.0 Å². The van der Waals surface area contributed by atoms with Gasteiger partial charge in [-0.25, -0.2) is 4.79 Å². The Morgan fingerprint density at radius 1 is 1.10 bits per heavy atom. The zero-order valence-electron chi connectivity index (χ0n) is 11.0. The summed E-state index contributed by atoms with van der Waals surface area (Å²) in [5, 5.41) is 5.17. The number of para-hydroxylation sites is 1. The minimum Gasteiger partial charge on any atom is -0.347 e. The summed E-state index contributed by atoms with van der Waals surface area (Å²) >= 11 is 5.78. The fourth-order valence-corrected chi connectivity index (χ4v) is 1.54. The van der Waals surface area contributed by atoms with Gasteiger partial charge in [0.2, 0.25) is 17.2 Å². The van der Waals surface area contributed by atoms with Crippen LogP contribution in [0.5, 0.6) is 0 Å². The molecule has 1 aromatic carbocycles. The SMILES string of the molecule is CN(C)c1nc(Cl)nc(NC(=O)Nc2ccccc2)n1. The second-order valence-electron chi connectivity index (χ2n) is 4.07. The summed E-state index contributed by atoms with van der Waals surface area (Å²) < 4.78 is 0. The highest BCUT2D eigenvalue weighted by Gasteiger charge is 2.09. The Bertz CT molecular complexity index is 604. The van der Waals surface area contributed by atoms with Crippen molar-refractivity contribution in [2.75, 3.05) is 29.6 Å². The average molecular weight is 293 g/mol. The van der Waals surface area contributed by atoms with Gasteiger partial charge in [-0.05, 0) is 23.7 Å². The monoisotopic (exact) mass is 292 g/mol. The summed E-state index contributed by atoms with van der Waals surface area (Å²) in [6.07, 6.45) is 0. The minimum atomic E-state index is -0.455. The molecule has 0 saturated carbocycles. The number of anilines is 3. The number of halogens is 1. The fourth-order valence-electron chi connectivity index (χ4n) is 1.38. The highest BCUT2D eigenvalue weighted by molar-refractivity contribution is 6.28. The largest absolute Gasteiger partial charge is 0.347 e. The summed E-state index contributed by atoms with van der Waals surface area (Å²) in [7, 11) is 3.53. The van der Waals surface area contributed by atoms with Crippen molar-refractivity contribution in [3.8, 4) is 0 Å². The van der Waals surface area contributed by atoms with Gasteiger partial charge in [0, 0.05) is 19.8 Å². The first-order valence-electron chi connectivity index (χ1n) is 5.76. The summed E-state index contributed by atoms with van der Waals surface area (Å²) in [4.78, 5) is 25.3. The van der Waals surface area contributed by atoms with E-state index >= 15 is 0 Å². The number of carbonyl (C=O) groups is 1. The molecule has 0 fully saturated rings. The highest BCUT2D eigenvalue weighted by Crippen LogP contribution is 2.12. The molecular weight excluding hydrogens is 280 g/mol. The number of rotatable bonds is 3. The van der Waals surface area contributed by atoms with Crippen LogP contribution in [0, 0.1) is 0 Å². The maximum Gasteiger partial charge on any atom is 0.326 e. The molecule has 0 aliphatic rings. The normalized spacial score (nSPS) is 9.95. The number of hydrogen-bond donors (Lipinski definition) is 2. The molecule has 0 spiro atoms. The van der Waals surface area contributed by atoms with Gasteiger partial charge in [-0.15, -0.1) is 0 Å². The van der Waals surface area contributed by atoms with Crippen molar-refractivity contribution in [3.05, 3.63) is 35.6 Å². The van der Waals surface area contributed by atoms with Gasteiger partial charge in [0.15, 0.2) is 0 Å². The van der Waals surface area contributed by atoms with Crippen LogP contribution in [0.25, 0.3) is 0 Å². The molecule has 0 radical (unpaired) electrons. The Kier molecular flexibility index (Phi) is 4.31. The number of carbonyl (C=O) groups excluding carboxylic acids is 1. The molecule has 2 N–H and O–H groups in total. The van der Waals surface area contributed by atoms with Gasteiger partial charge in [0.1, 0.15) is 0 Å². The van der Waals surface area contributed by atoms with Gasteiger partial charge in [-0.1, -0.05) is 18.2 Å². The van der Waals surface area contributed by atoms with Crippen LogP contribution >= 0.6 is 11.6 Å². The van der Waals surface area contributed by atoms with Crippen molar-refractivity contribution >= 4 is 35.2 Å². The second-order valence-corrected chi connectivity index (χ2v) is 4.41. The van der Waals surface area contributed by atoms with Gasteiger partial charge < -0.3 is 10.2 Å². The molecule has 0 aliphatic carbocycles. The van der Waals surface area contributed by atoms with Crippen LogP contribution in [0.2, 0.25) is 5.28 Å². The van der Waals surface area contributed by atoms with E-state index in [1.807, 2.05) is 18.2 Å². The predicted octanol–water partition coefficient (Wildman–Crippen LogP) is 2.23. The highest BCUT2D eigenvalue weighted by atomic mass is 35.5. The molecule has 0 saturated heterocycles. The lowest BCUT2D eigenvalue weighted by Crippen LogP contribution is -2.22. The molecule has 0 atom stereocenters. The first-order valence-corrected chi connectivity index (χ1v) is 6.14. The van der Waals surface area contributed by atoms with Gasteiger partial charge >= 0.3 is 6.03 Å². The zero-order chi connectivity index (χ0) is 14.5. The van der Waals surface area contributed by atoms with Gasteiger partial charge in [-0.2, -0.15) is 15.0 Å². The smallest absolute Gasteiger partial charge is 0.326 e. The van der Waals surface area contributed by atoms with Crippen molar-refractivity contribution in [3.63, 3.8) is 0 Å². The third kappa shape index (κ3) is 3.79. The average Bonchev–Trinajstić information content (AvgIpc) is 2.38. The number of nitrogens with zero attached hydrogens (tertiary/aromatic N) is 4. The van der Waals surface area contributed by atoms with E-state index in [4.69, 9.17) is 11.6 Å². The molecule has 0 aliphatic heterocycles. The Balaban J connectivity index is 2.08. The number of nitrogens with one attached hydrogen (secondary N) is 2. The molecule has 20 heavy (non-hydrogen) atoms. The van der Waals surface area contributed by atoms with E-state index in [2.05, 4.69) is 25.6 Å². The van der Waals surface area contributed by atoms with Crippen LogP contribution in [0.1, 0.15) is 0 Å². The lowest BCUT2D eigenvalue weighted by Gasteiger charge is -2.11. The van der Waals surface area contributed by atoms with Crippen LogP contribution in [0.3, 0.4) is 0 Å². The van der Waals surface area contributed by atoms with Crippen LogP contribution in [0.15, 0.2) is 30.3 Å². The van der Waals surface area contributed by atoms with E-state index in [0.29, 0.717) is 11.6 Å². The molecule has 7 nitrogen and oxygen atoms in total. The third-order valence-corrected chi connectivity index (χ3v) is 2.42. The van der Waals surface area contributed by atoms with Crippen molar-refractivity contribution in [2.24, 2.45) is 0 Å². The Labute approximate surface area is 121 Å². The molecule has 104 valence electrons. The second kappa shape index (κ2) is 6.16. The summed E-state index contributed by atoms with van der Waals surface area (Å²) in [5.74, 6) is 0.446. The van der Waals surface area contributed by atoms with E-state index in [-0.39, 0.29) is 11.2 Å². The Morgan fingerprint density at radius 2 is 1.80 bits per heavy atom. The van der Waals surface area contributed by atoms with Crippen molar-refractivity contribution < 1.29 is 4.79 Å². The Morgan fingerprint density at radius 3 is 2.45 bits per heavy atom. The van der Waals surface area contributed by atoms with Crippen LogP contribution in [-0.4, -0.2) is 35.1 Å². The van der Waals surface area contributed by atoms with Crippen molar-refractivity contribution in [1.29, 1.82) is 0 Å². The zero-order valence-corrected chi connectivity index (χ0v) is 11.7. The molecule has 0 bridgehead atoms. The molecule has 2 aromatic rings. The van der Waals surface area contributed by atoms with Crippen molar-refractivity contribution in [2.45, 2.75) is 0 Å². The third-order valence-electron chi connectivity index (χ3n) is 2.25. The lowest BCUT2D eigenvalue weighted by molar-refractivity contribution is 0.262. The number of urea groups is 1. The molecule has 0 unspecified atom stereocenters. The topological polar surface area (TPSA) is 83.0 Å². The first kappa shape index (κ1) is 14.0. The predicted molar refractivity (Wildman–Crippen MR) is 78.2 cm³/mol. The minimum absolute atomic E-state index is 0.0127. The quantitative estimate of drug-likeness (QED) is 0.906. The maximum atomic E-state index is 11.8. The molecule has 8 heteroatoms. The first-order chi connectivity index (χ1) is 9.54. The maximum absolute atomic E-state index is 11.8. The lowest BCUT2D eigenvalue weighted by atomic mass is 10.3. The summed E-state index contributed by atoms with van der Waals surface area (Å²) in [6, 6.07) is 8.58. The number of amides is 2. The van der Waals surface area contributed by atoms with Crippen LogP contribution in [-0.2, 0) is 0 Å². The van der Waals surface area contributed by atoms with E-state index < -0.39 is 6.03 Å². The fraction of sp³-hybridized carbons (Fsp3) is 0.167. The molecular formula is C12H13ClN6O. The molecule has 1 aromatic heterocycles. The summed E-state index contributed by atoms with van der Waals surface area (Å²) in [6.45, 7) is 0. The van der Waals surface area contributed by atoms with E-state index in [1.54, 1.807) is 31.1 Å². The van der Waals surface area contributed by atoms with Gasteiger partial charge in [0.05, 0.1) is 0 Å². The molecule has 1 heterocycles. The van der Waals surface area contributed by atoms with Gasteiger partial charge in [0.25, 0.3) is 0 Å². The molecule has 2 rings (SSSR count). The number of benzene rings is 1. The number of aromatic nitrogens is 3. The van der Waals surface area contributed by atoms with Gasteiger partial charge in [-0.3, -0.25) is 5.32 Å². The number of hydrogen-bond acceptors (Lipinski definition) is 5. The molecule has 2 amide bonds. The summed E-state index contributed by atoms with van der Waals surface area (Å²) in [5.41, 5.74) is 0.665. The Hall–Kier alpha value is -2.41. The van der Waals surface area contributed by atoms with E-state index in [1.165, 1.54) is 0 Å². The van der Waals surface area contributed by atoms with E-state index in [0.717, 1.165) is 0 Å². The van der Waals surface area contributed by atoms with E-state index in [9.17, 15) is 4.79 Å².